The number of carbonyl (C=O) groups excluding carboxylic acids is 1. The van der Waals surface area contributed by atoms with Gasteiger partial charge in [0.15, 0.2) is 0 Å². The van der Waals surface area contributed by atoms with E-state index in [1.165, 1.54) is 18.2 Å². The molecule has 124 valence electrons. The van der Waals surface area contributed by atoms with E-state index >= 15 is 0 Å². The zero-order valence-corrected chi connectivity index (χ0v) is 12.8. The predicted octanol–water partition coefficient (Wildman–Crippen LogP) is 3.37. The second kappa shape index (κ2) is 7.83. The maximum Gasteiger partial charge on any atom is 0.417 e. The molecule has 0 spiro atoms. The number of amides is 1. The minimum atomic E-state index is -4.53. The van der Waals surface area contributed by atoms with Gasteiger partial charge in [0, 0.05) is 12.6 Å². The molecule has 0 aromatic heterocycles. The van der Waals surface area contributed by atoms with Crippen molar-refractivity contribution in [2.45, 2.75) is 37.9 Å². The van der Waals surface area contributed by atoms with E-state index < -0.39 is 17.6 Å². The second-order valence-corrected chi connectivity index (χ2v) is 5.55. The number of hydrogen-bond donors (Lipinski definition) is 2. The van der Waals surface area contributed by atoms with Crippen molar-refractivity contribution >= 4 is 18.3 Å². The van der Waals surface area contributed by atoms with Gasteiger partial charge in [-0.2, -0.15) is 13.2 Å². The molecule has 1 saturated carbocycles. The monoisotopic (exact) mass is 336 g/mol. The summed E-state index contributed by atoms with van der Waals surface area (Å²) in [6.45, 7) is 0.374. The zero-order chi connectivity index (χ0) is 15.5. The highest BCUT2D eigenvalue weighted by atomic mass is 35.5. The molecule has 1 aliphatic rings. The van der Waals surface area contributed by atoms with Crippen LogP contribution in [0.25, 0.3) is 0 Å². The lowest BCUT2D eigenvalue weighted by atomic mass is 9.86. The van der Waals surface area contributed by atoms with Gasteiger partial charge in [0.25, 0.3) is 5.91 Å². The Morgan fingerprint density at radius 1 is 1.27 bits per heavy atom. The Hall–Kier alpha value is -1.27. The molecule has 0 bridgehead atoms. The fourth-order valence-electron chi connectivity index (χ4n) is 2.78. The maximum absolute atomic E-state index is 12.9. The second-order valence-electron chi connectivity index (χ2n) is 5.55. The molecule has 3 N–H and O–H groups in total. The smallest absolute Gasteiger partial charge is 0.352 e. The first-order chi connectivity index (χ1) is 9.88. The molecule has 0 heterocycles. The minimum absolute atomic E-state index is 0. The van der Waals surface area contributed by atoms with Crippen LogP contribution in [-0.4, -0.2) is 18.5 Å². The highest BCUT2D eigenvalue weighted by Crippen LogP contribution is 2.31. The summed E-state index contributed by atoms with van der Waals surface area (Å²) >= 11 is 0. The van der Waals surface area contributed by atoms with Gasteiger partial charge in [-0.15, -0.1) is 12.4 Å². The minimum Gasteiger partial charge on any atom is -0.352 e. The molecular weight excluding hydrogens is 317 g/mol. The standard InChI is InChI=1S/C15H19F3N2O.ClH/c16-15(17,18)13-7-2-1-6-12(13)14(21)20-9-10-4-3-5-11(19)8-10;/h1-2,6-7,10-11H,3-5,8-9,19H2,(H,20,21);1H. The summed E-state index contributed by atoms with van der Waals surface area (Å²) in [6.07, 6.45) is -0.792. The highest BCUT2D eigenvalue weighted by Gasteiger charge is 2.34. The Labute approximate surface area is 133 Å². The highest BCUT2D eigenvalue weighted by molar-refractivity contribution is 5.95. The Bertz CT molecular complexity index is 508. The average molecular weight is 337 g/mol. The summed E-state index contributed by atoms with van der Waals surface area (Å²) in [5.41, 5.74) is 4.63. The van der Waals surface area contributed by atoms with Gasteiger partial charge in [-0.05, 0) is 37.3 Å². The van der Waals surface area contributed by atoms with E-state index in [9.17, 15) is 18.0 Å². The quantitative estimate of drug-likeness (QED) is 0.889. The number of alkyl halides is 3. The molecule has 0 saturated heterocycles. The maximum atomic E-state index is 12.9. The molecule has 1 aromatic rings. The zero-order valence-electron chi connectivity index (χ0n) is 12.0. The summed E-state index contributed by atoms with van der Waals surface area (Å²) in [7, 11) is 0. The molecule has 1 fully saturated rings. The molecule has 1 aromatic carbocycles. The van der Waals surface area contributed by atoms with Crippen molar-refractivity contribution in [2.24, 2.45) is 11.7 Å². The van der Waals surface area contributed by atoms with Gasteiger partial charge in [0.1, 0.15) is 0 Å². The van der Waals surface area contributed by atoms with Crippen molar-refractivity contribution in [3.05, 3.63) is 35.4 Å². The largest absolute Gasteiger partial charge is 0.417 e. The molecule has 2 unspecified atom stereocenters. The van der Waals surface area contributed by atoms with Crippen molar-refractivity contribution < 1.29 is 18.0 Å². The van der Waals surface area contributed by atoms with Crippen LogP contribution in [0.3, 0.4) is 0 Å². The molecule has 1 aliphatic carbocycles. The number of benzene rings is 1. The average Bonchev–Trinajstić information content (AvgIpc) is 2.44. The summed E-state index contributed by atoms with van der Waals surface area (Å²) in [4.78, 5) is 12.0. The van der Waals surface area contributed by atoms with Gasteiger partial charge in [0.2, 0.25) is 0 Å². The van der Waals surface area contributed by atoms with E-state index in [2.05, 4.69) is 5.32 Å². The lowest BCUT2D eigenvalue weighted by molar-refractivity contribution is -0.137. The Balaban J connectivity index is 0.00000242. The van der Waals surface area contributed by atoms with Crippen molar-refractivity contribution in [3.8, 4) is 0 Å². The lowest BCUT2D eigenvalue weighted by Crippen LogP contribution is -2.36. The third kappa shape index (κ3) is 4.88. The topological polar surface area (TPSA) is 55.1 Å². The van der Waals surface area contributed by atoms with Crippen LogP contribution in [0.2, 0.25) is 0 Å². The fraction of sp³-hybridized carbons (Fsp3) is 0.533. The molecule has 2 rings (SSSR count). The van der Waals surface area contributed by atoms with Gasteiger partial charge in [-0.3, -0.25) is 4.79 Å². The first kappa shape index (κ1) is 18.8. The Kier molecular flexibility index (Phi) is 6.68. The number of nitrogens with two attached hydrogens (primary N) is 1. The van der Waals surface area contributed by atoms with Gasteiger partial charge >= 0.3 is 6.18 Å². The summed E-state index contributed by atoms with van der Waals surface area (Å²) in [5, 5.41) is 2.61. The van der Waals surface area contributed by atoms with Crippen LogP contribution in [-0.2, 0) is 6.18 Å². The van der Waals surface area contributed by atoms with E-state index in [0.717, 1.165) is 31.7 Å². The molecule has 1 amide bonds. The van der Waals surface area contributed by atoms with Gasteiger partial charge < -0.3 is 11.1 Å². The molecule has 7 heteroatoms. The van der Waals surface area contributed by atoms with E-state index in [0.29, 0.717) is 6.54 Å². The van der Waals surface area contributed by atoms with E-state index in [-0.39, 0.29) is 29.9 Å². The van der Waals surface area contributed by atoms with Crippen molar-refractivity contribution in [2.75, 3.05) is 6.54 Å². The number of nitrogens with one attached hydrogen (secondary N) is 1. The van der Waals surface area contributed by atoms with Gasteiger partial charge in [0.05, 0.1) is 11.1 Å². The third-order valence-corrected chi connectivity index (χ3v) is 3.85. The molecular formula is C15H20ClF3N2O. The van der Waals surface area contributed by atoms with Crippen LogP contribution in [0, 0.1) is 5.92 Å². The number of hydrogen-bond acceptors (Lipinski definition) is 2. The summed E-state index contributed by atoms with van der Waals surface area (Å²) in [6, 6.07) is 4.96. The van der Waals surface area contributed by atoms with Crippen LogP contribution in [0.4, 0.5) is 13.2 Å². The predicted molar refractivity (Wildman–Crippen MR) is 81.0 cm³/mol. The SMILES string of the molecule is Cl.NC1CCCC(CNC(=O)c2ccccc2C(F)(F)F)C1. The van der Waals surface area contributed by atoms with Gasteiger partial charge in [-0.1, -0.05) is 18.6 Å². The van der Waals surface area contributed by atoms with Crippen LogP contribution in [0.15, 0.2) is 24.3 Å². The number of carbonyl (C=O) groups is 1. The van der Waals surface area contributed by atoms with E-state index in [4.69, 9.17) is 5.73 Å². The first-order valence-corrected chi connectivity index (χ1v) is 7.08. The Morgan fingerprint density at radius 2 is 1.95 bits per heavy atom. The molecule has 2 atom stereocenters. The molecule has 22 heavy (non-hydrogen) atoms. The van der Waals surface area contributed by atoms with E-state index in [1.807, 2.05) is 0 Å². The third-order valence-electron chi connectivity index (χ3n) is 3.85. The molecule has 3 nitrogen and oxygen atoms in total. The van der Waals surface area contributed by atoms with Crippen LogP contribution in [0.5, 0.6) is 0 Å². The van der Waals surface area contributed by atoms with E-state index in [1.54, 1.807) is 0 Å². The fourth-order valence-corrected chi connectivity index (χ4v) is 2.78. The lowest BCUT2D eigenvalue weighted by Gasteiger charge is -2.26. The summed E-state index contributed by atoms with van der Waals surface area (Å²) < 4.78 is 38.6. The Morgan fingerprint density at radius 3 is 2.59 bits per heavy atom. The number of rotatable bonds is 3. The normalized spacial score (nSPS) is 21.8. The van der Waals surface area contributed by atoms with Crippen molar-refractivity contribution in [1.29, 1.82) is 0 Å². The van der Waals surface area contributed by atoms with Crippen LogP contribution < -0.4 is 11.1 Å². The summed E-state index contributed by atoms with van der Waals surface area (Å²) in [5.74, 6) is -0.433. The van der Waals surface area contributed by atoms with Crippen molar-refractivity contribution in [3.63, 3.8) is 0 Å². The molecule has 0 aliphatic heterocycles. The molecule has 0 radical (unpaired) electrons. The van der Waals surface area contributed by atoms with Crippen LogP contribution >= 0.6 is 12.4 Å². The van der Waals surface area contributed by atoms with Crippen LogP contribution in [0.1, 0.15) is 41.6 Å². The van der Waals surface area contributed by atoms with Gasteiger partial charge in [-0.25, -0.2) is 0 Å². The number of halogens is 4. The first-order valence-electron chi connectivity index (χ1n) is 7.08. The van der Waals surface area contributed by atoms with Crippen molar-refractivity contribution in [1.82, 2.24) is 5.32 Å².